The summed E-state index contributed by atoms with van der Waals surface area (Å²) >= 11 is 0. The maximum atomic E-state index is 3.83. The van der Waals surface area contributed by atoms with Gasteiger partial charge in [-0.15, -0.1) is 6.58 Å². The fourth-order valence-corrected chi connectivity index (χ4v) is 2.12. The molecular weight excluding hydrogens is 174 g/mol. The summed E-state index contributed by atoms with van der Waals surface area (Å²) in [7, 11) is 4.26. The maximum absolute atomic E-state index is 3.83. The number of nitrogens with zero attached hydrogens (tertiary/aromatic N) is 2. The summed E-state index contributed by atoms with van der Waals surface area (Å²) in [5.41, 5.74) is 0. The van der Waals surface area contributed by atoms with E-state index >= 15 is 0 Å². The molecule has 1 N–H and O–H groups in total. The molecule has 1 fully saturated rings. The summed E-state index contributed by atoms with van der Waals surface area (Å²) in [4.78, 5) is 4.78. The van der Waals surface area contributed by atoms with Crippen LogP contribution in [0, 0.1) is 0 Å². The Morgan fingerprint density at radius 2 is 2.21 bits per heavy atom. The first-order valence-electron chi connectivity index (χ1n) is 5.37. The molecule has 0 aromatic heterocycles. The number of hydrogen-bond acceptors (Lipinski definition) is 3. The van der Waals surface area contributed by atoms with Gasteiger partial charge in [0.05, 0.1) is 0 Å². The van der Waals surface area contributed by atoms with Gasteiger partial charge in [-0.25, -0.2) is 0 Å². The summed E-state index contributed by atoms with van der Waals surface area (Å²) in [5.74, 6) is 0. The van der Waals surface area contributed by atoms with E-state index < -0.39 is 0 Å². The fraction of sp³-hybridized carbons (Fsp3) is 0.818. The average molecular weight is 197 g/mol. The molecule has 3 nitrogen and oxygen atoms in total. The van der Waals surface area contributed by atoms with E-state index in [0.717, 1.165) is 26.2 Å². The Morgan fingerprint density at radius 3 is 2.79 bits per heavy atom. The quantitative estimate of drug-likeness (QED) is 0.658. The van der Waals surface area contributed by atoms with Crippen LogP contribution >= 0.6 is 0 Å². The van der Waals surface area contributed by atoms with Crippen molar-refractivity contribution in [2.75, 3.05) is 40.3 Å². The minimum Gasteiger partial charge on any atom is -0.314 e. The molecule has 0 aromatic carbocycles. The summed E-state index contributed by atoms with van der Waals surface area (Å²) in [6, 6.07) is 1.23. The van der Waals surface area contributed by atoms with Gasteiger partial charge in [-0.05, 0) is 21.0 Å². The van der Waals surface area contributed by atoms with Crippen molar-refractivity contribution in [1.82, 2.24) is 15.1 Å². The largest absolute Gasteiger partial charge is 0.314 e. The molecule has 1 saturated heterocycles. The van der Waals surface area contributed by atoms with Crippen molar-refractivity contribution in [2.24, 2.45) is 0 Å². The van der Waals surface area contributed by atoms with Gasteiger partial charge in [-0.2, -0.15) is 0 Å². The lowest BCUT2D eigenvalue weighted by atomic mass is 10.1. The zero-order chi connectivity index (χ0) is 10.6. The zero-order valence-corrected chi connectivity index (χ0v) is 9.66. The lowest BCUT2D eigenvalue weighted by molar-refractivity contribution is 0.100. The molecule has 1 aliphatic rings. The Kier molecular flexibility index (Phi) is 4.58. The predicted molar refractivity (Wildman–Crippen MR) is 61.6 cm³/mol. The minimum absolute atomic E-state index is 0.617. The summed E-state index contributed by atoms with van der Waals surface area (Å²) in [5, 5.41) is 3.48. The van der Waals surface area contributed by atoms with Gasteiger partial charge in [-0.3, -0.25) is 4.90 Å². The van der Waals surface area contributed by atoms with Gasteiger partial charge in [0.15, 0.2) is 0 Å². The van der Waals surface area contributed by atoms with Gasteiger partial charge in [0.2, 0.25) is 0 Å². The third kappa shape index (κ3) is 3.08. The Morgan fingerprint density at radius 1 is 1.50 bits per heavy atom. The van der Waals surface area contributed by atoms with Crippen LogP contribution in [0.1, 0.15) is 6.92 Å². The molecule has 1 rings (SSSR count). The molecule has 0 aromatic rings. The molecule has 0 spiro atoms. The van der Waals surface area contributed by atoms with Crippen LogP contribution in [0.2, 0.25) is 0 Å². The van der Waals surface area contributed by atoms with Gasteiger partial charge >= 0.3 is 0 Å². The Labute approximate surface area is 87.8 Å². The van der Waals surface area contributed by atoms with E-state index in [1.807, 2.05) is 6.08 Å². The van der Waals surface area contributed by atoms with Gasteiger partial charge < -0.3 is 10.2 Å². The second-order valence-corrected chi connectivity index (χ2v) is 4.41. The molecule has 2 atom stereocenters. The van der Waals surface area contributed by atoms with E-state index in [-0.39, 0.29) is 0 Å². The van der Waals surface area contributed by atoms with Crippen molar-refractivity contribution in [3.05, 3.63) is 12.7 Å². The van der Waals surface area contributed by atoms with Crippen LogP contribution in [0.3, 0.4) is 0 Å². The fourth-order valence-electron chi connectivity index (χ4n) is 2.12. The van der Waals surface area contributed by atoms with Crippen LogP contribution < -0.4 is 5.32 Å². The molecule has 1 aliphatic heterocycles. The molecular formula is C11H23N3. The lowest BCUT2D eigenvalue weighted by Crippen LogP contribution is -2.58. The van der Waals surface area contributed by atoms with Crippen molar-refractivity contribution in [3.8, 4) is 0 Å². The standard InChI is InChI=1S/C11H23N3/c1-5-6-14-10(2)7-12-8-11(14)9-13(3)4/h5,10-12H,1,6-9H2,2-4H3. The van der Waals surface area contributed by atoms with Crippen LogP contribution in [0.4, 0.5) is 0 Å². The highest BCUT2D eigenvalue weighted by Crippen LogP contribution is 2.10. The molecule has 0 saturated carbocycles. The maximum Gasteiger partial charge on any atom is 0.0354 e. The van der Waals surface area contributed by atoms with Crippen LogP contribution in [0.5, 0.6) is 0 Å². The second-order valence-electron chi connectivity index (χ2n) is 4.41. The van der Waals surface area contributed by atoms with Crippen molar-refractivity contribution < 1.29 is 0 Å². The van der Waals surface area contributed by atoms with Crippen LogP contribution in [0.15, 0.2) is 12.7 Å². The van der Waals surface area contributed by atoms with Crippen molar-refractivity contribution >= 4 is 0 Å². The highest BCUT2D eigenvalue weighted by atomic mass is 15.3. The van der Waals surface area contributed by atoms with Gasteiger partial charge in [-0.1, -0.05) is 6.08 Å². The number of nitrogens with one attached hydrogen (secondary N) is 1. The lowest BCUT2D eigenvalue weighted by Gasteiger charge is -2.41. The molecule has 14 heavy (non-hydrogen) atoms. The number of hydrogen-bond donors (Lipinski definition) is 1. The summed E-state index contributed by atoms with van der Waals surface area (Å²) in [6.45, 7) is 10.4. The third-order valence-electron chi connectivity index (χ3n) is 2.77. The van der Waals surface area contributed by atoms with Gasteiger partial charge in [0, 0.05) is 38.3 Å². The highest BCUT2D eigenvalue weighted by molar-refractivity contribution is 4.89. The zero-order valence-electron chi connectivity index (χ0n) is 9.66. The van der Waals surface area contributed by atoms with Crippen LogP contribution in [0.25, 0.3) is 0 Å². The van der Waals surface area contributed by atoms with Crippen molar-refractivity contribution in [3.63, 3.8) is 0 Å². The van der Waals surface area contributed by atoms with Crippen molar-refractivity contribution in [2.45, 2.75) is 19.0 Å². The molecule has 0 aliphatic carbocycles. The average Bonchev–Trinajstić information content (AvgIpc) is 2.10. The molecule has 3 heteroatoms. The monoisotopic (exact) mass is 197 g/mol. The Balaban J connectivity index is 2.54. The van der Waals surface area contributed by atoms with E-state index in [2.05, 4.69) is 42.7 Å². The van der Waals surface area contributed by atoms with E-state index in [4.69, 9.17) is 0 Å². The Hall–Kier alpha value is -0.380. The first-order chi connectivity index (χ1) is 6.65. The van der Waals surface area contributed by atoms with E-state index in [0.29, 0.717) is 12.1 Å². The SMILES string of the molecule is C=CCN1C(C)CNCC1CN(C)C. The third-order valence-corrected chi connectivity index (χ3v) is 2.77. The summed E-state index contributed by atoms with van der Waals surface area (Å²) in [6.07, 6.45) is 2.00. The smallest absolute Gasteiger partial charge is 0.0354 e. The van der Waals surface area contributed by atoms with E-state index in [1.165, 1.54) is 0 Å². The molecule has 0 radical (unpaired) electrons. The normalized spacial score (nSPS) is 29.4. The first kappa shape index (κ1) is 11.7. The summed E-state index contributed by atoms with van der Waals surface area (Å²) < 4.78 is 0. The van der Waals surface area contributed by atoms with Gasteiger partial charge in [0.1, 0.15) is 0 Å². The first-order valence-corrected chi connectivity index (χ1v) is 5.37. The minimum atomic E-state index is 0.617. The number of likely N-dealkylation sites (N-methyl/N-ethyl adjacent to an activating group) is 1. The highest BCUT2D eigenvalue weighted by Gasteiger charge is 2.26. The molecule has 2 unspecified atom stereocenters. The van der Waals surface area contributed by atoms with E-state index in [9.17, 15) is 0 Å². The number of rotatable bonds is 4. The van der Waals surface area contributed by atoms with Crippen LogP contribution in [-0.4, -0.2) is 62.2 Å². The molecule has 0 amide bonds. The predicted octanol–water partition coefficient (Wildman–Crippen LogP) is 0.396. The molecule has 0 bridgehead atoms. The van der Waals surface area contributed by atoms with E-state index in [1.54, 1.807) is 0 Å². The van der Waals surface area contributed by atoms with Crippen molar-refractivity contribution in [1.29, 1.82) is 0 Å². The topological polar surface area (TPSA) is 18.5 Å². The molecule has 82 valence electrons. The Bertz CT molecular complexity index is 179. The molecule has 1 heterocycles. The van der Waals surface area contributed by atoms with Crippen LogP contribution in [-0.2, 0) is 0 Å². The second kappa shape index (κ2) is 5.49. The number of piperazine rings is 1. The van der Waals surface area contributed by atoms with Gasteiger partial charge in [0.25, 0.3) is 0 Å².